The van der Waals surface area contributed by atoms with E-state index in [9.17, 15) is 9.18 Å². The van der Waals surface area contributed by atoms with Crippen LogP contribution in [0.1, 0.15) is 32.8 Å². The molecule has 0 bridgehead atoms. The molecule has 0 heterocycles. The Morgan fingerprint density at radius 3 is 2.29 bits per heavy atom. The zero-order valence-corrected chi connectivity index (χ0v) is 10.7. The molecule has 3 heteroatoms. The number of hydrogen-bond donors (Lipinski definition) is 1. The molecule has 94 valence electrons. The summed E-state index contributed by atoms with van der Waals surface area (Å²) in [6.07, 6.45) is 0.685. The third kappa shape index (κ3) is 4.65. The molecule has 0 amide bonds. The zero-order chi connectivity index (χ0) is 13.1. The van der Waals surface area contributed by atoms with Crippen LogP contribution in [0.3, 0.4) is 0 Å². The first kappa shape index (κ1) is 13.8. The van der Waals surface area contributed by atoms with Gasteiger partial charge in [0.1, 0.15) is 11.6 Å². The van der Waals surface area contributed by atoms with Gasteiger partial charge in [0.2, 0.25) is 0 Å². The highest BCUT2D eigenvalue weighted by atomic mass is 19.1. The Kier molecular flexibility index (Phi) is 4.40. The predicted molar refractivity (Wildman–Crippen MR) is 67.2 cm³/mol. The van der Waals surface area contributed by atoms with Crippen LogP contribution in [0.2, 0.25) is 0 Å². The maximum Gasteiger partial charge on any atom is 0.138 e. The van der Waals surface area contributed by atoms with E-state index >= 15 is 0 Å². The average Bonchev–Trinajstić information content (AvgIpc) is 2.20. The van der Waals surface area contributed by atoms with E-state index in [1.54, 1.807) is 12.1 Å². The van der Waals surface area contributed by atoms with Crippen LogP contribution < -0.4 is 5.73 Å². The SMILES string of the molecule is CC(C)(C)C(N)CC(=O)Cc1ccc(F)cc1. The monoisotopic (exact) mass is 237 g/mol. The van der Waals surface area contributed by atoms with Gasteiger partial charge in [0.05, 0.1) is 0 Å². The van der Waals surface area contributed by atoms with E-state index in [1.807, 2.05) is 20.8 Å². The van der Waals surface area contributed by atoms with Gasteiger partial charge >= 0.3 is 0 Å². The Hall–Kier alpha value is -1.22. The fourth-order valence-corrected chi connectivity index (χ4v) is 1.45. The van der Waals surface area contributed by atoms with Crippen molar-refractivity contribution >= 4 is 5.78 Å². The second kappa shape index (κ2) is 5.41. The molecule has 17 heavy (non-hydrogen) atoms. The molecule has 0 aliphatic carbocycles. The number of benzene rings is 1. The largest absolute Gasteiger partial charge is 0.327 e. The Morgan fingerprint density at radius 2 is 1.82 bits per heavy atom. The molecule has 1 aromatic rings. The normalized spacial score (nSPS) is 13.5. The number of hydrogen-bond acceptors (Lipinski definition) is 2. The van der Waals surface area contributed by atoms with Crippen LogP contribution in [-0.2, 0) is 11.2 Å². The van der Waals surface area contributed by atoms with Crippen molar-refractivity contribution in [2.75, 3.05) is 0 Å². The third-order valence-electron chi connectivity index (χ3n) is 2.87. The first-order valence-corrected chi connectivity index (χ1v) is 5.81. The molecular formula is C14H20FNO. The van der Waals surface area contributed by atoms with Crippen molar-refractivity contribution in [3.8, 4) is 0 Å². The summed E-state index contributed by atoms with van der Waals surface area (Å²) >= 11 is 0. The molecule has 0 spiro atoms. The van der Waals surface area contributed by atoms with Crippen LogP contribution in [0.4, 0.5) is 4.39 Å². The highest BCUT2D eigenvalue weighted by Crippen LogP contribution is 2.20. The minimum Gasteiger partial charge on any atom is -0.327 e. The summed E-state index contributed by atoms with van der Waals surface area (Å²) in [4.78, 5) is 11.8. The number of carbonyl (C=O) groups excluding carboxylic acids is 1. The maximum atomic E-state index is 12.7. The molecule has 2 nitrogen and oxygen atoms in total. The number of halogens is 1. The van der Waals surface area contributed by atoms with Crippen molar-refractivity contribution in [2.45, 2.75) is 39.7 Å². The van der Waals surface area contributed by atoms with Gasteiger partial charge in [-0.25, -0.2) is 4.39 Å². The van der Waals surface area contributed by atoms with Crippen LogP contribution in [0.5, 0.6) is 0 Å². The zero-order valence-electron chi connectivity index (χ0n) is 10.7. The fraction of sp³-hybridized carbons (Fsp3) is 0.500. The highest BCUT2D eigenvalue weighted by Gasteiger charge is 2.22. The molecule has 1 unspecified atom stereocenters. The molecule has 2 N–H and O–H groups in total. The van der Waals surface area contributed by atoms with Gasteiger partial charge in [0, 0.05) is 18.9 Å². The summed E-state index contributed by atoms with van der Waals surface area (Å²) in [6, 6.07) is 5.86. The van der Waals surface area contributed by atoms with E-state index in [2.05, 4.69) is 0 Å². The topological polar surface area (TPSA) is 43.1 Å². The smallest absolute Gasteiger partial charge is 0.138 e. The van der Waals surface area contributed by atoms with Gasteiger partial charge < -0.3 is 5.73 Å². The van der Waals surface area contributed by atoms with Gasteiger partial charge in [0.15, 0.2) is 0 Å². The van der Waals surface area contributed by atoms with E-state index in [4.69, 9.17) is 5.73 Å². The first-order valence-electron chi connectivity index (χ1n) is 5.81. The predicted octanol–water partition coefficient (Wildman–Crippen LogP) is 2.70. The molecule has 0 aromatic heterocycles. The Labute approximate surface area is 102 Å². The second-order valence-electron chi connectivity index (χ2n) is 5.52. The number of nitrogens with two attached hydrogens (primary N) is 1. The number of ketones is 1. The van der Waals surface area contributed by atoms with Crippen molar-refractivity contribution in [3.05, 3.63) is 35.6 Å². The Bertz CT molecular complexity index is 378. The van der Waals surface area contributed by atoms with Crippen LogP contribution in [0.25, 0.3) is 0 Å². The Balaban J connectivity index is 2.53. The van der Waals surface area contributed by atoms with Gasteiger partial charge in [-0.05, 0) is 23.1 Å². The molecule has 1 atom stereocenters. The molecule has 0 aliphatic rings. The lowest BCUT2D eigenvalue weighted by atomic mass is 9.84. The molecule has 0 aliphatic heterocycles. The molecule has 1 rings (SSSR count). The lowest BCUT2D eigenvalue weighted by Gasteiger charge is -2.26. The second-order valence-corrected chi connectivity index (χ2v) is 5.52. The highest BCUT2D eigenvalue weighted by molar-refractivity contribution is 5.81. The minimum absolute atomic E-state index is 0.0710. The molecule has 1 aromatic carbocycles. The van der Waals surface area contributed by atoms with Crippen LogP contribution >= 0.6 is 0 Å². The van der Waals surface area contributed by atoms with Gasteiger partial charge in [-0.3, -0.25) is 4.79 Å². The number of rotatable bonds is 4. The summed E-state index contributed by atoms with van der Waals surface area (Å²) in [5.74, 6) is -0.188. The minimum atomic E-state index is -0.285. The molecule has 0 saturated heterocycles. The number of carbonyl (C=O) groups is 1. The number of Topliss-reactive ketones (excluding diaryl/α,β-unsaturated/α-hetero) is 1. The average molecular weight is 237 g/mol. The summed E-state index contributed by atoms with van der Waals surface area (Å²) in [5, 5.41) is 0. The van der Waals surface area contributed by atoms with Gasteiger partial charge in [0.25, 0.3) is 0 Å². The third-order valence-corrected chi connectivity index (χ3v) is 2.87. The van der Waals surface area contributed by atoms with Crippen molar-refractivity contribution < 1.29 is 9.18 Å². The van der Waals surface area contributed by atoms with Gasteiger partial charge in [-0.1, -0.05) is 32.9 Å². The van der Waals surface area contributed by atoms with Crippen LogP contribution in [-0.4, -0.2) is 11.8 Å². The van der Waals surface area contributed by atoms with Crippen molar-refractivity contribution in [2.24, 2.45) is 11.1 Å². The summed E-state index contributed by atoms with van der Waals surface area (Å²) in [5.41, 5.74) is 6.71. The molecular weight excluding hydrogens is 217 g/mol. The summed E-state index contributed by atoms with van der Waals surface area (Å²) in [6.45, 7) is 6.05. The van der Waals surface area contributed by atoms with Crippen LogP contribution in [0, 0.1) is 11.2 Å². The standard InChI is InChI=1S/C14H20FNO/c1-14(2,3)13(16)9-12(17)8-10-4-6-11(15)7-5-10/h4-7,13H,8-9,16H2,1-3H3. The van der Waals surface area contributed by atoms with E-state index in [0.29, 0.717) is 12.8 Å². The first-order chi connectivity index (χ1) is 7.79. The lowest BCUT2D eigenvalue weighted by Crippen LogP contribution is -2.37. The van der Waals surface area contributed by atoms with Crippen molar-refractivity contribution in [1.82, 2.24) is 0 Å². The van der Waals surface area contributed by atoms with E-state index < -0.39 is 0 Å². The Morgan fingerprint density at radius 1 is 1.29 bits per heavy atom. The van der Waals surface area contributed by atoms with Gasteiger partial charge in [-0.2, -0.15) is 0 Å². The quantitative estimate of drug-likeness (QED) is 0.875. The lowest BCUT2D eigenvalue weighted by molar-refractivity contribution is -0.119. The van der Waals surface area contributed by atoms with E-state index in [1.165, 1.54) is 12.1 Å². The molecule has 0 fully saturated rings. The summed E-state index contributed by atoms with van der Waals surface area (Å²) < 4.78 is 12.7. The summed E-state index contributed by atoms with van der Waals surface area (Å²) in [7, 11) is 0. The van der Waals surface area contributed by atoms with E-state index in [0.717, 1.165) is 5.56 Å². The van der Waals surface area contributed by atoms with Crippen LogP contribution in [0.15, 0.2) is 24.3 Å². The maximum absolute atomic E-state index is 12.7. The fourth-order valence-electron chi connectivity index (χ4n) is 1.45. The van der Waals surface area contributed by atoms with Crippen molar-refractivity contribution in [1.29, 1.82) is 0 Å². The van der Waals surface area contributed by atoms with Crippen molar-refractivity contribution in [3.63, 3.8) is 0 Å². The van der Waals surface area contributed by atoms with Gasteiger partial charge in [-0.15, -0.1) is 0 Å². The molecule has 0 radical (unpaired) electrons. The van der Waals surface area contributed by atoms with E-state index in [-0.39, 0.29) is 23.1 Å². The molecule has 0 saturated carbocycles.